The Labute approximate surface area is 171 Å². The summed E-state index contributed by atoms with van der Waals surface area (Å²) in [6.07, 6.45) is 16.9. The second kappa shape index (κ2) is 11.0. The van der Waals surface area contributed by atoms with Gasteiger partial charge in [-0.05, 0) is 79.5 Å². The molecule has 0 N–H and O–H groups in total. The normalized spacial score (nSPS) is 19.1. The van der Waals surface area contributed by atoms with Crippen LogP contribution in [0.2, 0.25) is 0 Å². The first kappa shape index (κ1) is 20.6. The first-order valence-electron chi connectivity index (χ1n) is 11.2. The highest BCUT2D eigenvalue weighted by Gasteiger charge is 2.21. The Bertz CT molecular complexity index is 757. The number of aromatic nitrogens is 2. The van der Waals surface area contributed by atoms with Crippen LogP contribution in [0, 0.1) is 17.8 Å². The lowest BCUT2D eigenvalue weighted by Gasteiger charge is -2.28. The molecule has 1 heterocycles. The van der Waals surface area contributed by atoms with E-state index in [2.05, 4.69) is 59.9 Å². The van der Waals surface area contributed by atoms with Crippen molar-refractivity contribution in [2.45, 2.75) is 84.0 Å². The van der Waals surface area contributed by atoms with Gasteiger partial charge in [-0.25, -0.2) is 9.97 Å². The maximum atomic E-state index is 4.38. The summed E-state index contributed by atoms with van der Waals surface area (Å²) in [5.74, 6) is 8.61. The van der Waals surface area contributed by atoms with Gasteiger partial charge in [-0.3, -0.25) is 0 Å². The third kappa shape index (κ3) is 6.20. The Morgan fingerprint density at radius 1 is 0.857 bits per heavy atom. The van der Waals surface area contributed by atoms with Gasteiger partial charge in [0.25, 0.3) is 0 Å². The molecule has 1 fully saturated rings. The molecule has 2 heteroatoms. The van der Waals surface area contributed by atoms with E-state index in [1.54, 1.807) is 0 Å². The van der Waals surface area contributed by atoms with Crippen molar-refractivity contribution >= 4 is 0 Å². The molecule has 1 aromatic heterocycles. The number of unbranched alkanes of at least 4 members (excludes halogenated alkanes) is 2. The standard InChI is InChI=1S/C26H34N2/c1-3-5-7-21-9-14-24(15-10-21)25-16-11-22(12-17-25)13-18-26-27-19-23(20-28-26)8-6-4-2/h11-12,16-17,19-21,24H,3-10,14-15H2,1-2H3/t21-,24-. The predicted molar refractivity (Wildman–Crippen MR) is 117 cm³/mol. The highest BCUT2D eigenvalue weighted by Crippen LogP contribution is 2.37. The third-order valence-electron chi connectivity index (χ3n) is 6.04. The van der Waals surface area contributed by atoms with Gasteiger partial charge in [-0.15, -0.1) is 0 Å². The van der Waals surface area contributed by atoms with Crippen LogP contribution in [-0.2, 0) is 6.42 Å². The van der Waals surface area contributed by atoms with Gasteiger partial charge in [0.1, 0.15) is 0 Å². The van der Waals surface area contributed by atoms with E-state index in [4.69, 9.17) is 0 Å². The number of hydrogen-bond donors (Lipinski definition) is 0. The van der Waals surface area contributed by atoms with Crippen LogP contribution in [0.5, 0.6) is 0 Å². The topological polar surface area (TPSA) is 25.8 Å². The molecule has 2 aromatic rings. The van der Waals surface area contributed by atoms with Crippen LogP contribution in [0.25, 0.3) is 0 Å². The van der Waals surface area contributed by atoms with E-state index in [9.17, 15) is 0 Å². The van der Waals surface area contributed by atoms with Crippen molar-refractivity contribution in [3.63, 3.8) is 0 Å². The van der Waals surface area contributed by atoms with Crippen LogP contribution in [0.1, 0.15) is 100 Å². The van der Waals surface area contributed by atoms with Gasteiger partial charge in [-0.1, -0.05) is 57.6 Å². The van der Waals surface area contributed by atoms with Crippen molar-refractivity contribution in [1.82, 2.24) is 9.97 Å². The molecular weight excluding hydrogens is 340 g/mol. The monoisotopic (exact) mass is 374 g/mol. The van der Waals surface area contributed by atoms with Gasteiger partial charge >= 0.3 is 0 Å². The second-order valence-electron chi connectivity index (χ2n) is 8.25. The van der Waals surface area contributed by atoms with Gasteiger partial charge in [0.05, 0.1) is 0 Å². The lowest BCUT2D eigenvalue weighted by atomic mass is 9.77. The van der Waals surface area contributed by atoms with Gasteiger partial charge in [0, 0.05) is 18.0 Å². The molecule has 0 spiro atoms. The Morgan fingerprint density at radius 2 is 1.54 bits per heavy atom. The lowest BCUT2D eigenvalue weighted by Crippen LogP contribution is -2.13. The lowest BCUT2D eigenvalue weighted by molar-refractivity contribution is 0.304. The summed E-state index contributed by atoms with van der Waals surface area (Å²) in [4.78, 5) is 8.76. The SMILES string of the molecule is CCCCc1cnc(C#Cc2ccc([C@H]3CC[C@H](CCCC)CC3)cc2)nc1. The van der Waals surface area contributed by atoms with E-state index in [1.165, 1.54) is 68.9 Å². The zero-order valence-electron chi connectivity index (χ0n) is 17.6. The van der Waals surface area contributed by atoms with Crippen molar-refractivity contribution in [3.8, 4) is 11.8 Å². The highest BCUT2D eigenvalue weighted by molar-refractivity contribution is 5.40. The Kier molecular flexibility index (Phi) is 8.09. The fourth-order valence-electron chi connectivity index (χ4n) is 4.17. The number of rotatable bonds is 7. The van der Waals surface area contributed by atoms with E-state index in [-0.39, 0.29) is 0 Å². The van der Waals surface area contributed by atoms with Gasteiger partial charge < -0.3 is 0 Å². The Hall–Kier alpha value is -2.14. The minimum absolute atomic E-state index is 0.606. The maximum absolute atomic E-state index is 4.38. The smallest absolute Gasteiger partial charge is 0.205 e. The Balaban J connectivity index is 1.53. The fraction of sp³-hybridized carbons (Fsp3) is 0.538. The van der Waals surface area contributed by atoms with Crippen LogP contribution >= 0.6 is 0 Å². The first-order valence-corrected chi connectivity index (χ1v) is 11.2. The number of benzene rings is 1. The van der Waals surface area contributed by atoms with E-state index in [0.29, 0.717) is 5.82 Å². The Morgan fingerprint density at radius 3 is 2.18 bits per heavy atom. The van der Waals surface area contributed by atoms with E-state index < -0.39 is 0 Å². The second-order valence-corrected chi connectivity index (χ2v) is 8.25. The van der Waals surface area contributed by atoms with Crippen molar-refractivity contribution in [1.29, 1.82) is 0 Å². The molecule has 148 valence electrons. The fourth-order valence-corrected chi connectivity index (χ4v) is 4.17. The molecule has 2 nitrogen and oxygen atoms in total. The van der Waals surface area contributed by atoms with E-state index in [0.717, 1.165) is 23.8 Å². The summed E-state index contributed by atoms with van der Waals surface area (Å²) < 4.78 is 0. The minimum Gasteiger partial charge on any atom is -0.229 e. The molecule has 0 unspecified atom stereocenters. The molecule has 0 aliphatic heterocycles. The molecule has 1 aliphatic rings. The number of aryl methyl sites for hydroxylation is 1. The number of hydrogen-bond acceptors (Lipinski definition) is 2. The maximum Gasteiger partial charge on any atom is 0.205 e. The van der Waals surface area contributed by atoms with Gasteiger partial charge in [0.2, 0.25) is 5.82 Å². The van der Waals surface area contributed by atoms with Crippen molar-refractivity contribution in [2.75, 3.05) is 0 Å². The summed E-state index contributed by atoms with van der Waals surface area (Å²) in [7, 11) is 0. The highest BCUT2D eigenvalue weighted by atomic mass is 14.8. The summed E-state index contributed by atoms with van der Waals surface area (Å²) in [6, 6.07) is 8.85. The molecule has 0 amide bonds. The van der Waals surface area contributed by atoms with Crippen LogP contribution < -0.4 is 0 Å². The molecule has 0 bridgehead atoms. The quantitative estimate of drug-likeness (QED) is 0.505. The summed E-state index contributed by atoms with van der Waals surface area (Å²) in [5.41, 5.74) is 3.72. The van der Waals surface area contributed by atoms with E-state index >= 15 is 0 Å². The van der Waals surface area contributed by atoms with Crippen LogP contribution in [-0.4, -0.2) is 9.97 Å². The van der Waals surface area contributed by atoms with Crippen LogP contribution in [0.4, 0.5) is 0 Å². The predicted octanol–water partition coefficient (Wildman–Crippen LogP) is 6.68. The molecule has 28 heavy (non-hydrogen) atoms. The third-order valence-corrected chi connectivity index (χ3v) is 6.04. The first-order chi connectivity index (χ1) is 13.8. The van der Waals surface area contributed by atoms with Crippen molar-refractivity contribution < 1.29 is 0 Å². The van der Waals surface area contributed by atoms with Crippen LogP contribution in [0.3, 0.4) is 0 Å². The van der Waals surface area contributed by atoms with Crippen molar-refractivity contribution in [3.05, 3.63) is 59.2 Å². The molecule has 1 aromatic carbocycles. The summed E-state index contributed by atoms with van der Waals surface area (Å²) in [6.45, 7) is 4.50. The van der Waals surface area contributed by atoms with E-state index in [1.807, 2.05) is 12.4 Å². The number of nitrogens with zero attached hydrogens (tertiary/aromatic N) is 2. The molecule has 0 radical (unpaired) electrons. The average Bonchev–Trinajstić information content (AvgIpc) is 2.76. The van der Waals surface area contributed by atoms with Gasteiger partial charge in [-0.2, -0.15) is 0 Å². The molecular formula is C26H34N2. The van der Waals surface area contributed by atoms with Gasteiger partial charge in [0.15, 0.2) is 0 Å². The molecule has 3 rings (SSSR count). The zero-order chi connectivity index (χ0) is 19.6. The minimum atomic E-state index is 0.606. The largest absolute Gasteiger partial charge is 0.229 e. The van der Waals surface area contributed by atoms with Crippen molar-refractivity contribution in [2.24, 2.45) is 5.92 Å². The molecule has 0 atom stereocenters. The molecule has 1 aliphatic carbocycles. The zero-order valence-corrected chi connectivity index (χ0v) is 17.6. The average molecular weight is 375 g/mol. The summed E-state index contributed by atoms with van der Waals surface area (Å²) in [5, 5.41) is 0. The van der Waals surface area contributed by atoms with Crippen LogP contribution in [0.15, 0.2) is 36.7 Å². The molecule has 1 saturated carbocycles. The summed E-state index contributed by atoms with van der Waals surface area (Å²) >= 11 is 0. The molecule has 0 saturated heterocycles.